The normalized spacial score (nSPS) is 12.3. The molecular weight excluding hydrogens is 176 g/mol. The Hall–Kier alpha value is -1.05. The number of carboxylic acid groups (broad SMARTS) is 1. The van der Waals surface area contributed by atoms with E-state index < -0.39 is 5.97 Å². The van der Waals surface area contributed by atoms with Crippen LogP contribution >= 0.6 is 0 Å². The van der Waals surface area contributed by atoms with Gasteiger partial charge < -0.3 is 5.11 Å². The van der Waals surface area contributed by atoms with Crippen LogP contribution in [0.4, 0.5) is 0 Å². The van der Waals surface area contributed by atoms with Gasteiger partial charge in [0.05, 0.1) is 6.42 Å². The lowest BCUT2D eigenvalue weighted by atomic mass is 10.1. The van der Waals surface area contributed by atoms with Gasteiger partial charge in [-0.2, -0.15) is 0 Å². The second-order valence-electron chi connectivity index (χ2n) is 3.30. The molecule has 0 aromatic rings. The average Bonchev–Trinajstić information content (AvgIpc) is 2.12. The maximum absolute atomic E-state index is 10.5. The lowest BCUT2D eigenvalue weighted by Crippen LogP contribution is -1.95. The summed E-state index contributed by atoms with van der Waals surface area (Å²) >= 11 is 0. The van der Waals surface area contributed by atoms with Crippen LogP contribution in [0.5, 0.6) is 0 Å². The van der Waals surface area contributed by atoms with Crippen molar-refractivity contribution < 1.29 is 9.90 Å². The van der Waals surface area contributed by atoms with Crippen LogP contribution in [-0.4, -0.2) is 11.1 Å². The smallest absolute Gasteiger partial charge is 0.307 e. The van der Waals surface area contributed by atoms with Crippen molar-refractivity contribution in [2.75, 3.05) is 0 Å². The molecule has 0 fully saturated rings. The fourth-order valence-corrected chi connectivity index (χ4v) is 1.19. The van der Waals surface area contributed by atoms with E-state index in [0.717, 1.165) is 18.4 Å². The Morgan fingerprint density at radius 1 is 1.36 bits per heavy atom. The van der Waals surface area contributed by atoms with Gasteiger partial charge in [0, 0.05) is 0 Å². The fraction of sp³-hybridized carbons (Fsp3) is 0.583. The Bertz CT molecular complexity index is 214. The quantitative estimate of drug-likeness (QED) is 0.499. The molecule has 0 aliphatic rings. The van der Waals surface area contributed by atoms with E-state index >= 15 is 0 Å². The number of unbranched alkanes of at least 4 members (excludes halogenated alkanes) is 2. The topological polar surface area (TPSA) is 37.3 Å². The molecule has 2 heteroatoms. The summed E-state index contributed by atoms with van der Waals surface area (Å²) in [5.41, 5.74) is 0.913. The molecule has 0 unspecified atom stereocenters. The molecule has 0 saturated carbocycles. The molecule has 0 atom stereocenters. The van der Waals surface area contributed by atoms with E-state index in [9.17, 15) is 4.79 Å². The molecule has 0 aliphatic carbocycles. The first-order chi connectivity index (χ1) is 6.70. The summed E-state index contributed by atoms with van der Waals surface area (Å²) in [7, 11) is 0. The Balaban J connectivity index is 4.02. The lowest BCUT2D eigenvalue weighted by Gasteiger charge is -1.97. The van der Waals surface area contributed by atoms with Gasteiger partial charge in [-0.05, 0) is 18.4 Å². The van der Waals surface area contributed by atoms with Crippen LogP contribution < -0.4 is 0 Å². The standard InChI is InChI=1S/C12H20O2/c1-3-5-6-7-9-11(8-4-2)10-12(13)14/h7-9H,3-6,10H2,1-2H3,(H,13,14). The monoisotopic (exact) mass is 196 g/mol. The van der Waals surface area contributed by atoms with E-state index in [1.807, 2.05) is 19.1 Å². The van der Waals surface area contributed by atoms with Gasteiger partial charge >= 0.3 is 5.97 Å². The molecule has 0 amide bonds. The first kappa shape index (κ1) is 12.9. The number of aliphatic carboxylic acids is 1. The van der Waals surface area contributed by atoms with Gasteiger partial charge in [0.15, 0.2) is 0 Å². The zero-order chi connectivity index (χ0) is 10.8. The summed E-state index contributed by atoms with van der Waals surface area (Å²) in [6, 6.07) is 0. The first-order valence-electron chi connectivity index (χ1n) is 5.28. The van der Waals surface area contributed by atoms with Crippen LogP contribution in [0.15, 0.2) is 23.8 Å². The number of carbonyl (C=O) groups is 1. The van der Waals surface area contributed by atoms with Crippen molar-refractivity contribution in [3.63, 3.8) is 0 Å². The lowest BCUT2D eigenvalue weighted by molar-refractivity contribution is -0.136. The fourth-order valence-electron chi connectivity index (χ4n) is 1.19. The van der Waals surface area contributed by atoms with Crippen LogP contribution in [0.2, 0.25) is 0 Å². The van der Waals surface area contributed by atoms with Crippen molar-refractivity contribution in [1.29, 1.82) is 0 Å². The van der Waals surface area contributed by atoms with Crippen LogP contribution in [-0.2, 0) is 4.79 Å². The summed E-state index contributed by atoms with van der Waals surface area (Å²) in [4.78, 5) is 10.5. The van der Waals surface area contributed by atoms with E-state index in [0.29, 0.717) is 0 Å². The third-order valence-corrected chi connectivity index (χ3v) is 1.88. The largest absolute Gasteiger partial charge is 0.481 e. The molecule has 0 spiro atoms. The van der Waals surface area contributed by atoms with E-state index in [1.165, 1.54) is 12.8 Å². The van der Waals surface area contributed by atoms with Gasteiger partial charge in [-0.25, -0.2) is 0 Å². The van der Waals surface area contributed by atoms with Crippen LogP contribution in [0.25, 0.3) is 0 Å². The Morgan fingerprint density at radius 2 is 2.07 bits per heavy atom. The second-order valence-corrected chi connectivity index (χ2v) is 3.30. The molecule has 0 aliphatic heterocycles. The maximum Gasteiger partial charge on any atom is 0.307 e. The molecule has 0 saturated heterocycles. The van der Waals surface area contributed by atoms with Crippen molar-refractivity contribution in [1.82, 2.24) is 0 Å². The number of carboxylic acids is 1. The molecular formula is C12H20O2. The zero-order valence-electron chi connectivity index (χ0n) is 9.12. The Kier molecular flexibility index (Phi) is 7.90. The molecule has 0 rings (SSSR count). The molecule has 0 aromatic heterocycles. The predicted molar refractivity (Wildman–Crippen MR) is 59.3 cm³/mol. The Morgan fingerprint density at radius 3 is 2.57 bits per heavy atom. The highest BCUT2D eigenvalue weighted by atomic mass is 16.4. The molecule has 0 heterocycles. The van der Waals surface area contributed by atoms with E-state index in [-0.39, 0.29) is 6.42 Å². The van der Waals surface area contributed by atoms with Crippen molar-refractivity contribution in [2.24, 2.45) is 0 Å². The minimum atomic E-state index is -0.759. The van der Waals surface area contributed by atoms with E-state index in [1.54, 1.807) is 0 Å². The number of hydrogen-bond acceptors (Lipinski definition) is 1. The Labute approximate surface area is 86.3 Å². The molecule has 0 radical (unpaired) electrons. The van der Waals surface area contributed by atoms with Crippen molar-refractivity contribution in [3.05, 3.63) is 23.8 Å². The van der Waals surface area contributed by atoms with Crippen molar-refractivity contribution in [3.8, 4) is 0 Å². The summed E-state index contributed by atoms with van der Waals surface area (Å²) < 4.78 is 0. The molecule has 0 bridgehead atoms. The molecule has 80 valence electrons. The highest BCUT2D eigenvalue weighted by Crippen LogP contribution is 2.06. The second kappa shape index (κ2) is 8.54. The van der Waals surface area contributed by atoms with Gasteiger partial charge in [0.1, 0.15) is 0 Å². The van der Waals surface area contributed by atoms with Crippen LogP contribution in [0, 0.1) is 0 Å². The summed E-state index contributed by atoms with van der Waals surface area (Å²) in [6.45, 7) is 4.16. The number of rotatable bonds is 7. The molecule has 14 heavy (non-hydrogen) atoms. The number of allylic oxidation sites excluding steroid dienone is 3. The van der Waals surface area contributed by atoms with Crippen molar-refractivity contribution >= 4 is 5.97 Å². The molecule has 0 aromatic carbocycles. The predicted octanol–water partition coefficient (Wildman–Crippen LogP) is 3.54. The average molecular weight is 196 g/mol. The van der Waals surface area contributed by atoms with Gasteiger partial charge in [-0.3, -0.25) is 4.79 Å². The first-order valence-corrected chi connectivity index (χ1v) is 5.28. The van der Waals surface area contributed by atoms with E-state index in [4.69, 9.17) is 5.11 Å². The highest BCUT2D eigenvalue weighted by molar-refractivity contribution is 5.70. The third kappa shape index (κ3) is 7.59. The summed E-state index contributed by atoms with van der Waals surface area (Å²) in [5, 5.41) is 8.64. The maximum atomic E-state index is 10.5. The summed E-state index contributed by atoms with van der Waals surface area (Å²) in [5.74, 6) is -0.759. The van der Waals surface area contributed by atoms with Gasteiger partial charge in [0.25, 0.3) is 0 Å². The van der Waals surface area contributed by atoms with Gasteiger partial charge in [0.2, 0.25) is 0 Å². The minimum Gasteiger partial charge on any atom is -0.481 e. The SMILES string of the molecule is CCC=C(C=CCCCC)CC(=O)O. The van der Waals surface area contributed by atoms with E-state index in [2.05, 4.69) is 13.0 Å². The van der Waals surface area contributed by atoms with Crippen LogP contribution in [0.3, 0.4) is 0 Å². The number of hydrogen-bond donors (Lipinski definition) is 1. The van der Waals surface area contributed by atoms with Crippen molar-refractivity contribution in [2.45, 2.75) is 46.0 Å². The molecule has 1 N–H and O–H groups in total. The summed E-state index contributed by atoms with van der Waals surface area (Å²) in [6.07, 6.45) is 10.4. The van der Waals surface area contributed by atoms with Gasteiger partial charge in [-0.15, -0.1) is 0 Å². The minimum absolute atomic E-state index is 0.135. The van der Waals surface area contributed by atoms with Gasteiger partial charge in [-0.1, -0.05) is 44.9 Å². The molecule has 2 nitrogen and oxygen atoms in total. The highest BCUT2D eigenvalue weighted by Gasteiger charge is 1.98. The third-order valence-electron chi connectivity index (χ3n) is 1.88. The zero-order valence-corrected chi connectivity index (χ0v) is 9.12. The van der Waals surface area contributed by atoms with Crippen LogP contribution in [0.1, 0.15) is 46.0 Å².